The quantitative estimate of drug-likeness (QED) is 0.860. The number of amides is 4. The van der Waals surface area contributed by atoms with Gasteiger partial charge in [0.1, 0.15) is 0 Å². The predicted octanol–water partition coefficient (Wildman–Crippen LogP) is 1.83. The zero-order valence-electron chi connectivity index (χ0n) is 15.4. The maximum atomic E-state index is 12.7. The van der Waals surface area contributed by atoms with Gasteiger partial charge in [-0.1, -0.05) is 6.92 Å². The minimum atomic E-state index is -0.342. The van der Waals surface area contributed by atoms with Crippen molar-refractivity contribution >= 4 is 23.5 Å². The molecule has 0 aliphatic carbocycles. The van der Waals surface area contributed by atoms with Gasteiger partial charge in [0.05, 0.1) is 6.54 Å². The van der Waals surface area contributed by atoms with Crippen LogP contribution in [0.3, 0.4) is 0 Å². The Kier molecular flexibility index (Phi) is 5.44. The Bertz CT molecular complexity index is 719. The van der Waals surface area contributed by atoms with Gasteiger partial charge in [0.2, 0.25) is 5.91 Å². The summed E-state index contributed by atoms with van der Waals surface area (Å²) in [6.07, 6.45) is 2.23. The molecule has 2 aliphatic rings. The van der Waals surface area contributed by atoms with E-state index in [9.17, 15) is 14.4 Å². The minimum Gasteiger partial charge on any atom is -0.376 e. The molecule has 2 heterocycles. The van der Waals surface area contributed by atoms with E-state index in [0.29, 0.717) is 24.6 Å². The number of benzene rings is 1. The van der Waals surface area contributed by atoms with Gasteiger partial charge in [0.15, 0.2) is 0 Å². The van der Waals surface area contributed by atoms with E-state index < -0.39 is 0 Å². The lowest BCUT2D eigenvalue weighted by Crippen LogP contribution is -2.39. The lowest BCUT2D eigenvalue weighted by atomic mass is 9.99. The zero-order chi connectivity index (χ0) is 18.7. The number of aryl methyl sites for hydroxylation is 1. The molecule has 0 unspecified atom stereocenters. The highest BCUT2D eigenvalue weighted by atomic mass is 16.2. The average Bonchev–Trinajstić information content (AvgIpc) is 3.06. The molecule has 1 aromatic rings. The van der Waals surface area contributed by atoms with Gasteiger partial charge in [0, 0.05) is 37.4 Å². The van der Waals surface area contributed by atoms with Gasteiger partial charge in [-0.15, -0.1) is 0 Å². The van der Waals surface area contributed by atoms with Crippen LogP contribution in [0.1, 0.15) is 35.7 Å². The number of nitrogens with zero attached hydrogens (tertiary/aromatic N) is 2. The van der Waals surface area contributed by atoms with Crippen LogP contribution in [0.15, 0.2) is 18.2 Å². The Labute approximate surface area is 153 Å². The monoisotopic (exact) mass is 358 g/mol. The van der Waals surface area contributed by atoms with E-state index >= 15 is 0 Å². The Hall–Kier alpha value is -2.57. The van der Waals surface area contributed by atoms with Crippen molar-refractivity contribution in [3.05, 3.63) is 29.3 Å². The number of carbonyl (C=O) groups excluding carboxylic acids is 3. The maximum Gasteiger partial charge on any atom is 0.324 e. The number of nitrogens with one attached hydrogen (secondary N) is 2. The summed E-state index contributed by atoms with van der Waals surface area (Å²) in [4.78, 5) is 39.4. The highest BCUT2D eigenvalue weighted by molar-refractivity contribution is 5.98. The summed E-state index contributed by atoms with van der Waals surface area (Å²) in [5, 5.41) is 5.68. The standard InChI is InChI=1S/C19H26N4O3/c1-13-4-3-8-22(12-13)18(25)15-5-6-16(14(2)10-15)21-11-17(24)23-9-7-20-19(23)26/h5-6,10,13,21H,3-4,7-9,11-12H2,1-2H3,(H,20,26)/t13-/m0/s1. The molecule has 2 N–H and O–H groups in total. The molecule has 0 aromatic heterocycles. The highest BCUT2D eigenvalue weighted by Crippen LogP contribution is 2.21. The van der Waals surface area contributed by atoms with E-state index in [0.717, 1.165) is 30.8 Å². The Balaban J connectivity index is 1.61. The van der Waals surface area contributed by atoms with E-state index in [1.165, 1.54) is 11.3 Å². The number of imide groups is 1. The molecule has 140 valence electrons. The fourth-order valence-electron chi connectivity index (χ4n) is 3.53. The molecule has 2 fully saturated rings. The number of urea groups is 1. The molecular formula is C19H26N4O3. The first-order valence-corrected chi connectivity index (χ1v) is 9.17. The van der Waals surface area contributed by atoms with Gasteiger partial charge in [-0.05, 0) is 49.4 Å². The molecule has 4 amide bonds. The molecule has 0 spiro atoms. The molecule has 7 heteroatoms. The minimum absolute atomic E-state index is 0.0468. The van der Waals surface area contributed by atoms with Gasteiger partial charge in [-0.3, -0.25) is 14.5 Å². The summed E-state index contributed by atoms with van der Waals surface area (Å²) >= 11 is 0. The van der Waals surface area contributed by atoms with Crippen molar-refractivity contribution in [3.8, 4) is 0 Å². The maximum absolute atomic E-state index is 12.7. The van der Waals surface area contributed by atoms with Gasteiger partial charge in [0.25, 0.3) is 5.91 Å². The molecule has 0 saturated carbocycles. The first-order chi connectivity index (χ1) is 12.5. The number of piperidine rings is 1. The van der Waals surface area contributed by atoms with E-state index in [2.05, 4.69) is 17.6 Å². The predicted molar refractivity (Wildman–Crippen MR) is 99.1 cm³/mol. The number of likely N-dealkylation sites (tertiary alicyclic amines) is 1. The van der Waals surface area contributed by atoms with E-state index in [1.807, 2.05) is 24.0 Å². The van der Waals surface area contributed by atoms with E-state index in [1.54, 1.807) is 6.07 Å². The summed E-state index contributed by atoms with van der Waals surface area (Å²) in [7, 11) is 0. The molecule has 0 bridgehead atoms. The van der Waals surface area contributed by atoms with Crippen LogP contribution in [0.2, 0.25) is 0 Å². The third-order valence-corrected chi connectivity index (χ3v) is 5.01. The lowest BCUT2D eigenvalue weighted by molar-refractivity contribution is -0.125. The van der Waals surface area contributed by atoms with E-state index in [-0.39, 0.29) is 24.4 Å². The molecule has 7 nitrogen and oxygen atoms in total. The van der Waals surface area contributed by atoms with Crippen molar-refractivity contribution in [2.75, 3.05) is 38.0 Å². The van der Waals surface area contributed by atoms with Gasteiger partial charge in [-0.25, -0.2) is 4.79 Å². The molecule has 1 aromatic carbocycles. The van der Waals surface area contributed by atoms with Crippen molar-refractivity contribution < 1.29 is 14.4 Å². The second-order valence-electron chi connectivity index (χ2n) is 7.16. The Morgan fingerprint density at radius 3 is 2.77 bits per heavy atom. The normalized spacial score (nSPS) is 20.1. The van der Waals surface area contributed by atoms with Crippen LogP contribution < -0.4 is 10.6 Å². The third-order valence-electron chi connectivity index (χ3n) is 5.01. The van der Waals surface area contributed by atoms with Gasteiger partial charge >= 0.3 is 6.03 Å². The van der Waals surface area contributed by atoms with Crippen LogP contribution in [0.25, 0.3) is 0 Å². The summed E-state index contributed by atoms with van der Waals surface area (Å²) in [6.45, 7) is 6.65. The Morgan fingerprint density at radius 1 is 1.31 bits per heavy atom. The second kappa shape index (κ2) is 7.76. The molecular weight excluding hydrogens is 332 g/mol. The van der Waals surface area contributed by atoms with Crippen LogP contribution in [0, 0.1) is 12.8 Å². The largest absolute Gasteiger partial charge is 0.376 e. The number of rotatable bonds is 4. The third kappa shape index (κ3) is 3.98. The molecule has 0 radical (unpaired) electrons. The van der Waals surface area contributed by atoms with Gasteiger partial charge < -0.3 is 15.5 Å². The van der Waals surface area contributed by atoms with Crippen LogP contribution in [0.5, 0.6) is 0 Å². The SMILES string of the molecule is Cc1cc(C(=O)N2CCC[C@H](C)C2)ccc1NCC(=O)N1CCNC1=O. The van der Waals surface area contributed by atoms with Crippen molar-refractivity contribution in [1.29, 1.82) is 0 Å². The summed E-state index contributed by atoms with van der Waals surface area (Å²) < 4.78 is 0. The summed E-state index contributed by atoms with van der Waals surface area (Å²) in [5.74, 6) is 0.349. The average molecular weight is 358 g/mol. The lowest BCUT2D eigenvalue weighted by Gasteiger charge is -2.31. The molecule has 1 atom stereocenters. The molecule has 2 aliphatic heterocycles. The van der Waals surface area contributed by atoms with Crippen LogP contribution >= 0.6 is 0 Å². The smallest absolute Gasteiger partial charge is 0.324 e. The first kappa shape index (κ1) is 18.2. The molecule has 3 rings (SSSR count). The molecule has 26 heavy (non-hydrogen) atoms. The van der Waals surface area contributed by atoms with Crippen molar-refractivity contribution in [2.24, 2.45) is 5.92 Å². The van der Waals surface area contributed by atoms with Gasteiger partial charge in [-0.2, -0.15) is 0 Å². The highest BCUT2D eigenvalue weighted by Gasteiger charge is 2.26. The Morgan fingerprint density at radius 2 is 2.12 bits per heavy atom. The summed E-state index contributed by atoms with van der Waals surface area (Å²) in [5.41, 5.74) is 2.37. The summed E-state index contributed by atoms with van der Waals surface area (Å²) in [6, 6.07) is 5.14. The first-order valence-electron chi connectivity index (χ1n) is 9.17. The van der Waals surface area contributed by atoms with Crippen molar-refractivity contribution in [1.82, 2.24) is 15.1 Å². The van der Waals surface area contributed by atoms with Crippen molar-refractivity contribution in [2.45, 2.75) is 26.7 Å². The number of carbonyl (C=O) groups is 3. The van der Waals surface area contributed by atoms with Crippen LogP contribution in [-0.4, -0.2) is 60.4 Å². The van der Waals surface area contributed by atoms with Crippen molar-refractivity contribution in [3.63, 3.8) is 0 Å². The van der Waals surface area contributed by atoms with E-state index in [4.69, 9.17) is 0 Å². The topological polar surface area (TPSA) is 81.8 Å². The number of hydrogen-bond acceptors (Lipinski definition) is 4. The second-order valence-corrected chi connectivity index (χ2v) is 7.16. The fraction of sp³-hybridized carbons (Fsp3) is 0.526. The molecule has 2 saturated heterocycles. The number of hydrogen-bond donors (Lipinski definition) is 2. The number of anilines is 1. The fourth-order valence-corrected chi connectivity index (χ4v) is 3.53. The van der Waals surface area contributed by atoms with Crippen LogP contribution in [0.4, 0.5) is 10.5 Å². The zero-order valence-corrected chi connectivity index (χ0v) is 15.4. The van der Waals surface area contributed by atoms with Crippen LogP contribution in [-0.2, 0) is 4.79 Å².